The first-order chi connectivity index (χ1) is 7.06. The van der Waals surface area contributed by atoms with Crippen LogP contribution in [0.5, 0.6) is 0 Å². The fourth-order valence-corrected chi connectivity index (χ4v) is 1.33. The highest BCUT2D eigenvalue weighted by Crippen LogP contribution is 2.21. The van der Waals surface area contributed by atoms with E-state index in [1.165, 1.54) is 0 Å². The van der Waals surface area contributed by atoms with E-state index in [-0.39, 0.29) is 6.54 Å². The molecule has 1 aromatic rings. The molecule has 15 heavy (non-hydrogen) atoms. The molecule has 1 rings (SSSR count). The van der Waals surface area contributed by atoms with Crippen molar-refractivity contribution >= 4 is 17.4 Å². The number of amides is 1. The molecule has 0 atom stereocenters. The van der Waals surface area contributed by atoms with Crippen LogP contribution in [-0.2, 0) is 11.3 Å². The molecule has 0 aliphatic carbocycles. The minimum Gasteiger partial charge on any atom is -0.394 e. The monoisotopic (exact) mass is 211 g/mol. The highest BCUT2D eigenvalue weighted by Gasteiger charge is 2.11. The summed E-state index contributed by atoms with van der Waals surface area (Å²) in [5, 5.41) is 7.14. The van der Waals surface area contributed by atoms with Crippen molar-refractivity contribution in [1.29, 1.82) is 0 Å². The van der Waals surface area contributed by atoms with Gasteiger partial charge in [-0.1, -0.05) is 6.92 Å². The molecule has 0 spiro atoms. The second-order valence-electron chi connectivity index (χ2n) is 3.39. The number of carbonyl (C=O) groups is 1. The van der Waals surface area contributed by atoms with Gasteiger partial charge in [0.05, 0.1) is 17.9 Å². The van der Waals surface area contributed by atoms with Crippen molar-refractivity contribution in [3.05, 3.63) is 5.69 Å². The summed E-state index contributed by atoms with van der Waals surface area (Å²) in [5.41, 5.74) is 12.2. The number of carbonyl (C=O) groups excluding carboxylic acids is 1. The Balaban J connectivity index is 2.86. The van der Waals surface area contributed by atoms with Crippen molar-refractivity contribution < 1.29 is 4.79 Å². The summed E-state index contributed by atoms with van der Waals surface area (Å²) in [4.78, 5) is 10.6. The molecule has 0 fully saturated rings. The van der Waals surface area contributed by atoms with Gasteiger partial charge in [-0.3, -0.25) is 4.79 Å². The van der Waals surface area contributed by atoms with Gasteiger partial charge in [-0.15, -0.1) is 0 Å². The lowest BCUT2D eigenvalue weighted by atomic mass is 10.4. The Bertz CT molecular complexity index is 358. The molecular weight excluding hydrogens is 194 g/mol. The van der Waals surface area contributed by atoms with E-state index in [4.69, 9.17) is 11.5 Å². The van der Waals surface area contributed by atoms with Gasteiger partial charge in [0.25, 0.3) is 0 Å². The highest BCUT2D eigenvalue weighted by atomic mass is 16.1. The fraction of sp³-hybridized carbons (Fsp3) is 0.556. The number of nitrogens with one attached hydrogen (secondary N) is 1. The van der Waals surface area contributed by atoms with Crippen LogP contribution in [0.3, 0.4) is 0 Å². The summed E-state index contributed by atoms with van der Waals surface area (Å²) >= 11 is 0. The Kier molecular flexibility index (Phi) is 3.54. The number of aromatic nitrogens is 2. The summed E-state index contributed by atoms with van der Waals surface area (Å²) in [6, 6.07) is 0. The molecule has 5 N–H and O–H groups in total. The lowest BCUT2D eigenvalue weighted by Gasteiger charge is -2.07. The Hall–Kier alpha value is -1.72. The first-order valence-corrected chi connectivity index (χ1v) is 4.91. The van der Waals surface area contributed by atoms with E-state index in [9.17, 15) is 4.79 Å². The van der Waals surface area contributed by atoms with Crippen molar-refractivity contribution in [2.45, 2.75) is 26.8 Å². The van der Waals surface area contributed by atoms with Gasteiger partial charge >= 0.3 is 0 Å². The maximum atomic E-state index is 10.6. The van der Waals surface area contributed by atoms with Gasteiger partial charge in [0.2, 0.25) is 5.91 Å². The van der Waals surface area contributed by atoms with E-state index in [0.29, 0.717) is 11.5 Å². The van der Waals surface area contributed by atoms with E-state index in [0.717, 1.165) is 18.7 Å². The average molecular weight is 211 g/mol. The van der Waals surface area contributed by atoms with Crippen LogP contribution in [0, 0.1) is 6.92 Å². The Morgan fingerprint density at radius 3 is 2.80 bits per heavy atom. The van der Waals surface area contributed by atoms with Crippen molar-refractivity contribution in [2.75, 3.05) is 17.6 Å². The Labute approximate surface area is 88.6 Å². The van der Waals surface area contributed by atoms with Gasteiger partial charge in [-0.2, -0.15) is 5.10 Å². The maximum Gasteiger partial charge on any atom is 0.236 e. The number of nitrogens with two attached hydrogens (primary N) is 2. The normalized spacial score (nSPS) is 10.3. The number of rotatable bonds is 5. The smallest absolute Gasteiger partial charge is 0.236 e. The minimum absolute atomic E-state index is 0.0685. The number of nitrogens with zero attached hydrogens (tertiary/aromatic N) is 2. The predicted molar refractivity (Wildman–Crippen MR) is 59.4 cm³/mol. The minimum atomic E-state index is -0.420. The van der Waals surface area contributed by atoms with Crippen LogP contribution < -0.4 is 16.8 Å². The highest BCUT2D eigenvalue weighted by molar-refractivity contribution is 5.80. The standard InChI is InChI=1S/C9H17N5O/c1-3-4-14-9(12-5-7(10)15)8(11)6(2)13-14/h12H,3-5,11H2,1-2H3,(H2,10,15). The molecule has 0 saturated heterocycles. The van der Waals surface area contributed by atoms with Gasteiger partial charge in [-0.05, 0) is 13.3 Å². The third-order valence-corrected chi connectivity index (χ3v) is 2.04. The summed E-state index contributed by atoms with van der Waals surface area (Å²) in [6.45, 7) is 4.71. The Morgan fingerprint density at radius 2 is 2.27 bits per heavy atom. The second-order valence-corrected chi connectivity index (χ2v) is 3.39. The molecule has 6 heteroatoms. The van der Waals surface area contributed by atoms with Crippen LogP contribution in [0.2, 0.25) is 0 Å². The third kappa shape index (κ3) is 2.61. The molecule has 0 bridgehead atoms. The van der Waals surface area contributed by atoms with E-state index in [1.54, 1.807) is 4.68 Å². The molecule has 0 aliphatic heterocycles. The molecule has 1 aromatic heterocycles. The molecule has 0 unspecified atom stereocenters. The largest absolute Gasteiger partial charge is 0.394 e. The predicted octanol–water partition coefficient (Wildman–Crippen LogP) is 0.0809. The molecule has 6 nitrogen and oxygen atoms in total. The van der Waals surface area contributed by atoms with Crippen LogP contribution >= 0.6 is 0 Å². The molecule has 0 aliphatic rings. The van der Waals surface area contributed by atoms with Crippen molar-refractivity contribution in [3.63, 3.8) is 0 Å². The summed E-state index contributed by atoms with van der Waals surface area (Å²) < 4.78 is 1.76. The lowest BCUT2D eigenvalue weighted by Crippen LogP contribution is -2.23. The SMILES string of the molecule is CCCn1nc(C)c(N)c1NCC(N)=O. The van der Waals surface area contributed by atoms with Crippen LogP contribution in [-0.4, -0.2) is 22.2 Å². The summed E-state index contributed by atoms with van der Waals surface area (Å²) in [7, 11) is 0. The topological polar surface area (TPSA) is 99.0 Å². The summed E-state index contributed by atoms with van der Waals surface area (Å²) in [5.74, 6) is 0.254. The fourth-order valence-electron chi connectivity index (χ4n) is 1.33. The first-order valence-electron chi connectivity index (χ1n) is 4.91. The number of aryl methyl sites for hydroxylation is 2. The van der Waals surface area contributed by atoms with Gasteiger partial charge in [0.15, 0.2) is 0 Å². The van der Waals surface area contributed by atoms with Gasteiger partial charge in [-0.25, -0.2) is 4.68 Å². The molecule has 1 heterocycles. The van der Waals surface area contributed by atoms with Crippen molar-refractivity contribution in [1.82, 2.24) is 9.78 Å². The van der Waals surface area contributed by atoms with Crippen LogP contribution in [0.4, 0.5) is 11.5 Å². The lowest BCUT2D eigenvalue weighted by molar-refractivity contribution is -0.116. The van der Waals surface area contributed by atoms with Gasteiger partial charge < -0.3 is 16.8 Å². The molecule has 0 saturated carbocycles. The number of hydrogen-bond acceptors (Lipinski definition) is 4. The summed E-state index contributed by atoms with van der Waals surface area (Å²) in [6.07, 6.45) is 0.950. The van der Waals surface area contributed by atoms with Crippen LogP contribution in [0.25, 0.3) is 0 Å². The molecular formula is C9H17N5O. The number of primary amides is 1. The third-order valence-electron chi connectivity index (χ3n) is 2.04. The van der Waals surface area contributed by atoms with Crippen molar-refractivity contribution in [2.24, 2.45) is 5.73 Å². The van der Waals surface area contributed by atoms with Crippen molar-refractivity contribution in [3.8, 4) is 0 Å². The zero-order valence-electron chi connectivity index (χ0n) is 9.08. The number of anilines is 2. The average Bonchev–Trinajstić information content (AvgIpc) is 2.41. The molecule has 1 amide bonds. The quantitative estimate of drug-likeness (QED) is 0.642. The molecule has 0 radical (unpaired) electrons. The zero-order valence-corrected chi connectivity index (χ0v) is 9.08. The van der Waals surface area contributed by atoms with Crippen LogP contribution in [0.15, 0.2) is 0 Å². The zero-order chi connectivity index (χ0) is 11.4. The van der Waals surface area contributed by atoms with E-state index < -0.39 is 5.91 Å². The van der Waals surface area contributed by atoms with E-state index in [2.05, 4.69) is 10.4 Å². The van der Waals surface area contributed by atoms with Crippen LogP contribution in [0.1, 0.15) is 19.0 Å². The first kappa shape index (κ1) is 11.4. The second kappa shape index (κ2) is 4.68. The molecule has 84 valence electrons. The molecule has 0 aromatic carbocycles. The van der Waals surface area contributed by atoms with E-state index >= 15 is 0 Å². The Morgan fingerprint density at radius 1 is 1.60 bits per heavy atom. The number of hydrogen-bond donors (Lipinski definition) is 3. The van der Waals surface area contributed by atoms with E-state index in [1.807, 2.05) is 13.8 Å². The maximum absolute atomic E-state index is 10.6. The van der Waals surface area contributed by atoms with Gasteiger partial charge in [0, 0.05) is 6.54 Å². The van der Waals surface area contributed by atoms with Gasteiger partial charge in [0.1, 0.15) is 5.82 Å². The number of nitrogen functional groups attached to an aromatic ring is 1.